The zero-order valence-electron chi connectivity index (χ0n) is 18.9. The van der Waals surface area contributed by atoms with Crippen molar-refractivity contribution in [2.75, 3.05) is 16.8 Å². The van der Waals surface area contributed by atoms with Crippen LogP contribution in [0.3, 0.4) is 0 Å². The predicted octanol–water partition coefficient (Wildman–Crippen LogP) is 6.53. The van der Waals surface area contributed by atoms with Crippen molar-refractivity contribution in [3.8, 4) is 5.75 Å². The molecule has 1 aliphatic rings. The fraction of sp³-hybridized carbons (Fsp3) is 0.214. The third-order valence-corrected chi connectivity index (χ3v) is 6.09. The second-order valence-corrected chi connectivity index (χ2v) is 8.75. The average Bonchev–Trinajstić information content (AvgIpc) is 3.21. The van der Waals surface area contributed by atoms with Crippen molar-refractivity contribution >= 4 is 28.4 Å². The van der Waals surface area contributed by atoms with Crippen LogP contribution in [0.2, 0.25) is 0 Å². The Hall–Kier alpha value is -3.86. The van der Waals surface area contributed by atoms with Crippen LogP contribution in [0.4, 0.5) is 16.2 Å². The van der Waals surface area contributed by atoms with Crippen LogP contribution >= 0.6 is 0 Å². The minimum Gasteiger partial charge on any atom is -0.410 e. The molecule has 33 heavy (non-hydrogen) atoms. The van der Waals surface area contributed by atoms with E-state index in [2.05, 4.69) is 42.3 Å². The number of benzene rings is 3. The number of ether oxygens (including phenoxy) is 1. The second kappa shape index (κ2) is 8.94. The molecule has 0 radical (unpaired) electrons. The van der Waals surface area contributed by atoms with Crippen molar-refractivity contribution < 1.29 is 9.53 Å². The SMILES string of the molecule is CC(C)c1ccc(NC(=O)Oc2ccc3c(c2)CCN3Cc2ccc3ccccc3n2)cc1. The molecule has 0 aliphatic carbocycles. The minimum atomic E-state index is -0.484. The van der Waals surface area contributed by atoms with E-state index in [0.717, 1.165) is 41.8 Å². The highest BCUT2D eigenvalue weighted by Crippen LogP contribution is 2.32. The van der Waals surface area contributed by atoms with Gasteiger partial charge in [-0.15, -0.1) is 0 Å². The van der Waals surface area contributed by atoms with Crippen LogP contribution in [-0.4, -0.2) is 17.6 Å². The summed E-state index contributed by atoms with van der Waals surface area (Å²) in [5.74, 6) is 1.00. The molecule has 5 heteroatoms. The highest BCUT2D eigenvalue weighted by Gasteiger charge is 2.21. The van der Waals surface area contributed by atoms with Crippen molar-refractivity contribution in [1.29, 1.82) is 0 Å². The number of fused-ring (bicyclic) bond motifs is 2. The summed E-state index contributed by atoms with van der Waals surface area (Å²) in [4.78, 5) is 19.5. The second-order valence-electron chi connectivity index (χ2n) is 8.75. The first-order valence-electron chi connectivity index (χ1n) is 11.4. The van der Waals surface area contributed by atoms with Gasteiger partial charge in [0.15, 0.2) is 0 Å². The average molecular weight is 438 g/mol. The molecule has 166 valence electrons. The normalized spacial score (nSPS) is 12.8. The van der Waals surface area contributed by atoms with Gasteiger partial charge in [-0.2, -0.15) is 0 Å². The maximum atomic E-state index is 12.4. The van der Waals surface area contributed by atoms with Crippen LogP contribution in [0.25, 0.3) is 10.9 Å². The fourth-order valence-corrected chi connectivity index (χ4v) is 4.27. The molecule has 0 fully saturated rings. The third-order valence-electron chi connectivity index (χ3n) is 6.09. The van der Waals surface area contributed by atoms with Crippen LogP contribution in [0, 0.1) is 0 Å². The summed E-state index contributed by atoms with van der Waals surface area (Å²) in [5, 5.41) is 3.95. The van der Waals surface area contributed by atoms with Crippen LogP contribution < -0.4 is 15.0 Å². The molecule has 0 saturated heterocycles. The monoisotopic (exact) mass is 437 g/mol. The van der Waals surface area contributed by atoms with Gasteiger partial charge in [-0.05, 0) is 65.9 Å². The predicted molar refractivity (Wildman–Crippen MR) is 133 cm³/mol. The lowest BCUT2D eigenvalue weighted by molar-refractivity contribution is 0.215. The Bertz CT molecular complexity index is 1300. The van der Waals surface area contributed by atoms with E-state index in [1.54, 1.807) is 0 Å². The number of aromatic nitrogens is 1. The molecule has 0 unspecified atom stereocenters. The number of rotatable bonds is 5. The summed E-state index contributed by atoms with van der Waals surface area (Å²) in [6.45, 7) is 5.96. The number of anilines is 2. The molecule has 1 aromatic heterocycles. The highest BCUT2D eigenvalue weighted by molar-refractivity contribution is 5.86. The van der Waals surface area contributed by atoms with Crippen LogP contribution in [0.1, 0.15) is 36.6 Å². The van der Waals surface area contributed by atoms with Gasteiger partial charge in [0.1, 0.15) is 5.75 Å². The first-order chi connectivity index (χ1) is 16.0. The minimum absolute atomic E-state index is 0.453. The molecular formula is C28H27N3O2. The molecule has 0 spiro atoms. The van der Waals surface area contributed by atoms with Crippen molar-refractivity contribution in [2.24, 2.45) is 0 Å². The Labute approximate surface area is 194 Å². The molecule has 0 atom stereocenters. The molecule has 1 N–H and O–H groups in total. The lowest BCUT2D eigenvalue weighted by atomic mass is 10.0. The first kappa shape index (κ1) is 21.0. The molecular weight excluding hydrogens is 410 g/mol. The van der Waals surface area contributed by atoms with E-state index in [1.165, 1.54) is 16.8 Å². The zero-order valence-corrected chi connectivity index (χ0v) is 18.9. The summed E-state index contributed by atoms with van der Waals surface area (Å²) in [7, 11) is 0. The molecule has 0 bridgehead atoms. The van der Waals surface area contributed by atoms with E-state index in [9.17, 15) is 4.79 Å². The van der Waals surface area contributed by atoms with Gasteiger partial charge in [0.2, 0.25) is 0 Å². The summed E-state index contributed by atoms with van der Waals surface area (Å²) >= 11 is 0. The van der Waals surface area contributed by atoms with Crippen LogP contribution in [0.5, 0.6) is 5.75 Å². The Kier molecular flexibility index (Phi) is 5.69. The highest BCUT2D eigenvalue weighted by atomic mass is 16.6. The number of para-hydroxylation sites is 1. The summed E-state index contributed by atoms with van der Waals surface area (Å²) in [5.41, 5.74) is 6.37. The van der Waals surface area contributed by atoms with Gasteiger partial charge in [-0.25, -0.2) is 4.79 Å². The lowest BCUT2D eigenvalue weighted by Crippen LogP contribution is -2.20. The van der Waals surface area contributed by atoms with E-state index in [0.29, 0.717) is 11.7 Å². The van der Waals surface area contributed by atoms with Crippen molar-refractivity contribution in [1.82, 2.24) is 4.98 Å². The fourth-order valence-electron chi connectivity index (χ4n) is 4.27. The van der Waals surface area contributed by atoms with E-state index >= 15 is 0 Å². The summed E-state index contributed by atoms with van der Waals surface area (Å²) in [6.07, 6.45) is 0.431. The smallest absolute Gasteiger partial charge is 0.410 e. The number of amides is 1. The standard InChI is InChI=1S/C28H27N3O2/c1-19(2)20-7-10-23(11-8-20)30-28(32)33-25-13-14-27-22(17-25)15-16-31(27)18-24-12-9-21-5-3-4-6-26(21)29-24/h3-14,17,19H,15-16,18H2,1-2H3,(H,30,32). The van der Waals surface area contributed by atoms with E-state index in [4.69, 9.17) is 9.72 Å². The van der Waals surface area contributed by atoms with Gasteiger partial charge in [0.05, 0.1) is 17.8 Å². The van der Waals surface area contributed by atoms with E-state index in [-0.39, 0.29) is 0 Å². The van der Waals surface area contributed by atoms with Crippen LogP contribution in [0.15, 0.2) is 78.9 Å². The number of hydrogen-bond acceptors (Lipinski definition) is 4. The molecule has 1 aliphatic heterocycles. The zero-order chi connectivity index (χ0) is 22.8. The van der Waals surface area contributed by atoms with Crippen molar-refractivity contribution in [3.63, 3.8) is 0 Å². The summed E-state index contributed by atoms with van der Waals surface area (Å²) in [6, 6.07) is 26.1. The van der Waals surface area contributed by atoms with Crippen molar-refractivity contribution in [2.45, 2.75) is 32.7 Å². The molecule has 5 nitrogen and oxygen atoms in total. The Balaban J connectivity index is 1.24. The largest absolute Gasteiger partial charge is 0.417 e. The molecule has 4 aromatic rings. The molecule has 5 rings (SSSR count). The number of pyridine rings is 1. The number of carbonyl (C=O) groups excluding carboxylic acids is 1. The number of nitrogens with zero attached hydrogens (tertiary/aromatic N) is 2. The Morgan fingerprint density at radius 2 is 1.85 bits per heavy atom. The maximum Gasteiger partial charge on any atom is 0.417 e. The number of hydrogen-bond donors (Lipinski definition) is 1. The van der Waals surface area contributed by atoms with Gasteiger partial charge >= 0.3 is 6.09 Å². The first-order valence-corrected chi connectivity index (χ1v) is 11.4. The molecule has 3 aromatic carbocycles. The molecule has 0 saturated carbocycles. The van der Waals surface area contributed by atoms with E-state index in [1.807, 2.05) is 60.7 Å². The van der Waals surface area contributed by atoms with Gasteiger partial charge in [-0.3, -0.25) is 10.3 Å². The topological polar surface area (TPSA) is 54.5 Å². The van der Waals surface area contributed by atoms with Crippen molar-refractivity contribution in [3.05, 3.63) is 95.7 Å². The quantitative estimate of drug-likeness (QED) is 0.386. The van der Waals surface area contributed by atoms with Crippen LogP contribution in [-0.2, 0) is 13.0 Å². The maximum absolute atomic E-state index is 12.4. The third kappa shape index (κ3) is 4.67. The Morgan fingerprint density at radius 3 is 2.67 bits per heavy atom. The van der Waals surface area contributed by atoms with E-state index < -0.39 is 6.09 Å². The molecule has 2 heterocycles. The summed E-state index contributed by atoms with van der Waals surface area (Å²) < 4.78 is 5.54. The van der Waals surface area contributed by atoms with Gasteiger partial charge < -0.3 is 9.64 Å². The van der Waals surface area contributed by atoms with Gasteiger partial charge in [-0.1, -0.05) is 50.2 Å². The number of nitrogens with one attached hydrogen (secondary N) is 1. The molecule has 1 amide bonds. The Morgan fingerprint density at radius 1 is 1.03 bits per heavy atom. The van der Waals surface area contributed by atoms with Gasteiger partial charge in [0.25, 0.3) is 0 Å². The lowest BCUT2D eigenvalue weighted by Gasteiger charge is -2.19. The number of carbonyl (C=O) groups is 1. The van der Waals surface area contributed by atoms with Gasteiger partial charge in [0, 0.05) is 23.3 Å².